The lowest BCUT2D eigenvalue weighted by Gasteiger charge is -2.33. The van der Waals surface area contributed by atoms with Crippen LogP contribution in [-0.4, -0.2) is 92.7 Å². The first-order valence-corrected chi connectivity index (χ1v) is 10.4. The van der Waals surface area contributed by atoms with Gasteiger partial charge in [0, 0.05) is 26.4 Å². The fraction of sp³-hybridized carbons (Fsp3) is 0.789. The third-order valence-electron chi connectivity index (χ3n) is 5.99. The van der Waals surface area contributed by atoms with Crippen molar-refractivity contribution in [3.05, 3.63) is 0 Å². The summed E-state index contributed by atoms with van der Waals surface area (Å²) in [4.78, 5) is 52.0. The lowest BCUT2D eigenvalue weighted by Crippen LogP contribution is -2.62. The minimum Gasteiger partial charge on any atom is -0.357 e. The highest BCUT2D eigenvalue weighted by Crippen LogP contribution is 2.31. The molecule has 0 radical (unpaired) electrons. The Morgan fingerprint density at radius 2 is 1.59 bits per heavy atom. The second-order valence-electron chi connectivity index (χ2n) is 8.29. The van der Waals surface area contributed by atoms with E-state index in [2.05, 4.69) is 0 Å². The zero-order valence-electron chi connectivity index (χ0n) is 17.9. The van der Waals surface area contributed by atoms with Gasteiger partial charge in [0.1, 0.15) is 6.04 Å². The number of nitrogens with two attached hydrogens (primary N) is 1. The lowest BCUT2D eigenvalue weighted by atomic mass is 10.0. The fourth-order valence-electron chi connectivity index (χ4n) is 4.09. The number of carbonyl (C=O) groups excluding carboxylic acids is 4. The molecule has 0 bridgehead atoms. The molecule has 0 aromatic heterocycles. The van der Waals surface area contributed by atoms with Gasteiger partial charge in [-0.1, -0.05) is 0 Å². The molecule has 13 heteroatoms. The minimum atomic E-state index is -5.40. The minimum absolute atomic E-state index is 0.110. The van der Waals surface area contributed by atoms with Crippen molar-refractivity contribution in [1.29, 1.82) is 0 Å². The molecule has 2 saturated heterocycles. The Labute approximate surface area is 182 Å². The van der Waals surface area contributed by atoms with E-state index in [-0.39, 0.29) is 31.1 Å². The molecule has 10 nitrogen and oxygen atoms in total. The highest BCUT2D eigenvalue weighted by Gasteiger charge is 2.57. The number of amides is 3. The number of alkyl halides is 3. The molecular weight excluding hydrogens is 437 g/mol. The molecule has 2 rings (SSSR count). The molecule has 32 heavy (non-hydrogen) atoms. The number of rotatable bonds is 7. The smallest absolute Gasteiger partial charge is 0.357 e. The first-order valence-electron chi connectivity index (χ1n) is 10.4. The van der Waals surface area contributed by atoms with E-state index >= 15 is 0 Å². The third kappa shape index (κ3) is 5.38. The normalized spacial score (nSPS) is 23.8. The molecule has 2 fully saturated rings. The van der Waals surface area contributed by atoms with E-state index in [1.54, 1.807) is 0 Å². The maximum atomic E-state index is 12.8. The van der Waals surface area contributed by atoms with Crippen molar-refractivity contribution in [2.45, 2.75) is 82.1 Å². The molecule has 0 aromatic rings. The van der Waals surface area contributed by atoms with Gasteiger partial charge in [-0.25, -0.2) is 0 Å². The molecule has 0 aliphatic carbocycles. The molecule has 2 heterocycles. The Morgan fingerprint density at radius 1 is 1.06 bits per heavy atom. The standard InChI is InChI=1S/C19H29F3N4O6/c1-10(18(31,32)19(20,21)22)24-16(29)14-6-4-8-26(14)17(30)12(23)9-15(28)13-5-3-7-25(13)11(2)27/h10,12-14,31-32H,3-9,23H2,1-2H3,(H,24,29)/t10?,12-,13-,14-/m0/s1. The first-order chi connectivity index (χ1) is 14.7. The van der Waals surface area contributed by atoms with Gasteiger partial charge in [0.15, 0.2) is 5.78 Å². The van der Waals surface area contributed by atoms with Crippen molar-refractivity contribution in [2.75, 3.05) is 13.1 Å². The molecule has 182 valence electrons. The van der Waals surface area contributed by atoms with Gasteiger partial charge in [-0.15, -0.1) is 0 Å². The summed E-state index contributed by atoms with van der Waals surface area (Å²) in [6.07, 6.45) is -4.11. The molecule has 1 unspecified atom stereocenters. The maximum Gasteiger partial charge on any atom is 0.445 e. The van der Waals surface area contributed by atoms with Crippen LogP contribution in [0.3, 0.4) is 0 Å². The summed E-state index contributed by atoms with van der Waals surface area (Å²) >= 11 is 0. The Kier molecular flexibility index (Phi) is 7.89. The predicted molar refractivity (Wildman–Crippen MR) is 104 cm³/mol. The molecule has 5 N–H and O–H groups in total. The second-order valence-corrected chi connectivity index (χ2v) is 8.29. The summed E-state index contributed by atoms with van der Waals surface area (Å²) in [5, 5.41) is 20.5. The van der Waals surface area contributed by atoms with Crippen molar-refractivity contribution >= 4 is 23.5 Å². The first kappa shape index (κ1) is 26.0. The summed E-state index contributed by atoms with van der Waals surface area (Å²) in [7, 11) is 0. The molecule has 0 spiro atoms. The van der Waals surface area contributed by atoms with Crippen molar-refractivity contribution in [3.63, 3.8) is 0 Å². The van der Waals surface area contributed by atoms with Crippen LogP contribution in [0.15, 0.2) is 0 Å². The summed E-state index contributed by atoms with van der Waals surface area (Å²) in [5.74, 6) is -6.48. The highest BCUT2D eigenvalue weighted by atomic mass is 19.4. The van der Waals surface area contributed by atoms with E-state index in [0.29, 0.717) is 25.8 Å². The number of nitrogens with zero attached hydrogens (tertiary/aromatic N) is 2. The molecule has 2 aliphatic heterocycles. The summed E-state index contributed by atoms with van der Waals surface area (Å²) in [6.45, 7) is 2.67. The van der Waals surface area contributed by atoms with E-state index in [9.17, 15) is 42.6 Å². The third-order valence-corrected chi connectivity index (χ3v) is 5.99. The van der Waals surface area contributed by atoms with Crippen LogP contribution in [0.1, 0.15) is 46.0 Å². The van der Waals surface area contributed by atoms with Crippen molar-refractivity contribution < 1.29 is 42.6 Å². The lowest BCUT2D eigenvalue weighted by molar-refractivity contribution is -0.357. The van der Waals surface area contributed by atoms with E-state index in [1.807, 2.05) is 5.32 Å². The van der Waals surface area contributed by atoms with Gasteiger partial charge in [0.05, 0.1) is 18.1 Å². The van der Waals surface area contributed by atoms with Crippen molar-refractivity contribution in [1.82, 2.24) is 15.1 Å². The van der Waals surface area contributed by atoms with Crippen LogP contribution in [0.4, 0.5) is 13.2 Å². The maximum absolute atomic E-state index is 12.8. The fourth-order valence-corrected chi connectivity index (χ4v) is 4.09. The van der Waals surface area contributed by atoms with Gasteiger partial charge in [-0.05, 0) is 32.6 Å². The number of ketones is 1. The molecule has 3 amide bonds. The van der Waals surface area contributed by atoms with Crippen molar-refractivity contribution in [2.24, 2.45) is 5.73 Å². The van der Waals surface area contributed by atoms with Gasteiger partial charge in [-0.2, -0.15) is 13.2 Å². The average Bonchev–Trinajstić information content (AvgIpc) is 3.35. The van der Waals surface area contributed by atoms with Crippen molar-refractivity contribution in [3.8, 4) is 0 Å². The summed E-state index contributed by atoms with van der Waals surface area (Å²) in [5.41, 5.74) is 5.90. The van der Waals surface area contributed by atoms with Crippen LogP contribution in [0.5, 0.6) is 0 Å². The predicted octanol–water partition coefficient (Wildman–Crippen LogP) is -0.977. The van der Waals surface area contributed by atoms with Gasteiger partial charge in [0.25, 0.3) is 5.79 Å². The SMILES string of the molecule is CC(=O)N1CCC[C@H]1C(=O)C[C@H](N)C(=O)N1CCC[C@H]1C(=O)NC(C)C(O)(O)C(F)(F)F. The number of carbonyl (C=O) groups is 4. The van der Waals surface area contributed by atoms with Gasteiger partial charge in [0.2, 0.25) is 17.7 Å². The van der Waals surface area contributed by atoms with Crippen LogP contribution in [0.25, 0.3) is 0 Å². The number of likely N-dealkylation sites (tertiary alicyclic amines) is 2. The Morgan fingerprint density at radius 3 is 2.12 bits per heavy atom. The molecule has 2 aliphatic rings. The summed E-state index contributed by atoms with van der Waals surface area (Å²) in [6, 6.07) is -5.19. The molecule has 4 atom stereocenters. The van der Waals surface area contributed by atoms with Gasteiger partial charge >= 0.3 is 6.18 Å². The van der Waals surface area contributed by atoms with Crippen LogP contribution in [0, 0.1) is 0 Å². The summed E-state index contributed by atoms with van der Waals surface area (Å²) < 4.78 is 38.3. The monoisotopic (exact) mass is 466 g/mol. The van der Waals surface area contributed by atoms with Gasteiger partial charge < -0.3 is 31.1 Å². The van der Waals surface area contributed by atoms with Crippen LogP contribution in [0.2, 0.25) is 0 Å². The van der Waals surface area contributed by atoms with Gasteiger partial charge in [-0.3, -0.25) is 19.2 Å². The van der Waals surface area contributed by atoms with Crippen LogP contribution < -0.4 is 11.1 Å². The molecule has 0 saturated carbocycles. The van der Waals surface area contributed by atoms with E-state index < -0.39 is 47.9 Å². The Balaban J connectivity index is 2.01. The zero-order chi connectivity index (χ0) is 24.4. The highest BCUT2D eigenvalue weighted by molar-refractivity contribution is 5.95. The molecular formula is C19H29F3N4O6. The van der Waals surface area contributed by atoms with Crippen LogP contribution in [-0.2, 0) is 19.2 Å². The second kappa shape index (κ2) is 9.71. The van der Waals surface area contributed by atoms with E-state index in [4.69, 9.17) is 5.73 Å². The average molecular weight is 466 g/mol. The number of hydrogen-bond acceptors (Lipinski definition) is 7. The Hall–Kier alpha value is -2.25. The number of Topliss-reactive ketones (excluding diaryl/α,β-unsaturated/α-hetero) is 1. The number of nitrogens with one attached hydrogen (secondary N) is 1. The molecule has 0 aromatic carbocycles. The number of halogens is 3. The largest absolute Gasteiger partial charge is 0.445 e. The Bertz CT molecular complexity index is 760. The van der Waals surface area contributed by atoms with E-state index in [1.165, 1.54) is 11.8 Å². The quantitative estimate of drug-likeness (QED) is 0.352. The zero-order valence-corrected chi connectivity index (χ0v) is 17.9. The topological polar surface area (TPSA) is 153 Å². The number of hydrogen-bond donors (Lipinski definition) is 4. The van der Waals surface area contributed by atoms with Crippen LogP contribution >= 0.6 is 0 Å². The van der Waals surface area contributed by atoms with E-state index in [0.717, 1.165) is 11.8 Å². The number of aliphatic hydroxyl groups is 2.